The van der Waals surface area contributed by atoms with Crippen LogP contribution in [0, 0.1) is 29.1 Å². The van der Waals surface area contributed by atoms with Crippen molar-refractivity contribution in [3.05, 3.63) is 34.6 Å². The summed E-state index contributed by atoms with van der Waals surface area (Å²) in [7, 11) is 0. The van der Waals surface area contributed by atoms with Crippen LogP contribution in [-0.2, 0) is 14.3 Å². The third kappa shape index (κ3) is 3.52. The van der Waals surface area contributed by atoms with Crippen molar-refractivity contribution in [3.63, 3.8) is 0 Å². The molecule has 0 aromatic heterocycles. The van der Waals surface area contributed by atoms with E-state index in [-0.39, 0.29) is 23.6 Å². The van der Waals surface area contributed by atoms with Gasteiger partial charge in [-0.25, -0.2) is 0 Å². The molecule has 0 aromatic rings. The van der Waals surface area contributed by atoms with Crippen molar-refractivity contribution < 1.29 is 19.4 Å². The molecule has 0 spiro atoms. The lowest BCUT2D eigenvalue weighted by Crippen LogP contribution is -2.32. The van der Waals surface area contributed by atoms with E-state index in [1.165, 1.54) is 11.1 Å². The van der Waals surface area contributed by atoms with Crippen LogP contribution in [0.25, 0.3) is 0 Å². The fourth-order valence-corrected chi connectivity index (χ4v) is 5.24. The number of hydrogen-bond acceptors (Lipinski definition) is 4. The van der Waals surface area contributed by atoms with E-state index in [2.05, 4.69) is 33.8 Å². The fourth-order valence-electron chi connectivity index (χ4n) is 5.24. The third-order valence-corrected chi connectivity index (χ3v) is 7.12. The molecule has 1 heterocycles. The van der Waals surface area contributed by atoms with Crippen LogP contribution in [-0.4, -0.2) is 23.0 Å². The maximum absolute atomic E-state index is 13.0. The smallest absolute Gasteiger partial charge is 0.317 e. The Labute approximate surface area is 168 Å². The Morgan fingerprint density at radius 3 is 2.46 bits per heavy atom. The number of allylic oxidation sites excluding steroid dienone is 5. The number of carbonyl (C=O) groups excluding carboxylic acids is 2. The van der Waals surface area contributed by atoms with Crippen LogP contribution in [0.1, 0.15) is 67.2 Å². The van der Waals surface area contributed by atoms with Crippen molar-refractivity contribution in [1.29, 1.82) is 0 Å². The summed E-state index contributed by atoms with van der Waals surface area (Å²) in [6, 6.07) is 0. The summed E-state index contributed by atoms with van der Waals surface area (Å²) in [6.45, 7) is 12.2. The van der Waals surface area contributed by atoms with Gasteiger partial charge in [0.25, 0.3) is 0 Å². The fraction of sp³-hybridized carbons (Fsp3) is 0.667. The summed E-state index contributed by atoms with van der Waals surface area (Å²) >= 11 is 0. The zero-order valence-corrected chi connectivity index (χ0v) is 18.0. The lowest BCUT2D eigenvalue weighted by Gasteiger charge is -2.33. The molecule has 3 rings (SSSR count). The molecule has 154 valence electrons. The lowest BCUT2D eigenvalue weighted by atomic mass is 9.69. The normalized spacial score (nSPS) is 39.5. The Hall–Kier alpha value is -1.68. The van der Waals surface area contributed by atoms with Crippen molar-refractivity contribution in [1.82, 2.24) is 0 Å². The van der Waals surface area contributed by atoms with Gasteiger partial charge in [0.05, 0.1) is 17.9 Å². The van der Waals surface area contributed by atoms with E-state index in [0.717, 1.165) is 31.3 Å². The second-order valence-corrected chi connectivity index (χ2v) is 9.54. The van der Waals surface area contributed by atoms with Gasteiger partial charge < -0.3 is 9.84 Å². The second kappa shape index (κ2) is 7.62. The molecule has 4 nitrogen and oxygen atoms in total. The van der Waals surface area contributed by atoms with Gasteiger partial charge >= 0.3 is 5.97 Å². The topological polar surface area (TPSA) is 63.6 Å². The Bertz CT molecular complexity index is 767. The summed E-state index contributed by atoms with van der Waals surface area (Å²) in [6.07, 6.45) is 6.53. The van der Waals surface area contributed by atoms with E-state index in [9.17, 15) is 14.7 Å². The molecule has 5 atom stereocenters. The van der Waals surface area contributed by atoms with Gasteiger partial charge in [0.2, 0.25) is 0 Å². The number of ether oxygens (including phenoxy) is 1. The van der Waals surface area contributed by atoms with Gasteiger partial charge in [0, 0.05) is 5.41 Å². The van der Waals surface area contributed by atoms with E-state index in [4.69, 9.17) is 4.74 Å². The molecule has 0 radical (unpaired) electrons. The molecule has 1 N–H and O–H groups in total. The van der Waals surface area contributed by atoms with E-state index >= 15 is 0 Å². The first-order valence-corrected chi connectivity index (χ1v) is 10.6. The minimum Gasteiger partial charge on any atom is -0.430 e. The summed E-state index contributed by atoms with van der Waals surface area (Å²) in [5, 5.41) is 10.2. The molecule has 1 fully saturated rings. The largest absolute Gasteiger partial charge is 0.430 e. The summed E-state index contributed by atoms with van der Waals surface area (Å²) in [5.41, 5.74) is 3.08. The highest BCUT2D eigenvalue weighted by molar-refractivity contribution is 5.98. The number of hydrogen-bond donors (Lipinski definition) is 1. The molecule has 0 amide bonds. The van der Waals surface area contributed by atoms with E-state index in [1.807, 2.05) is 13.0 Å². The van der Waals surface area contributed by atoms with Crippen LogP contribution in [0.3, 0.4) is 0 Å². The van der Waals surface area contributed by atoms with E-state index in [0.29, 0.717) is 11.7 Å². The van der Waals surface area contributed by atoms with Crippen molar-refractivity contribution in [3.8, 4) is 0 Å². The quantitative estimate of drug-likeness (QED) is 0.550. The summed E-state index contributed by atoms with van der Waals surface area (Å²) < 4.78 is 5.64. The Morgan fingerprint density at radius 2 is 1.86 bits per heavy atom. The maximum Gasteiger partial charge on any atom is 0.317 e. The number of carbonyl (C=O) groups is 2. The second-order valence-electron chi connectivity index (χ2n) is 9.54. The molecule has 0 bridgehead atoms. The van der Waals surface area contributed by atoms with Gasteiger partial charge in [-0.2, -0.15) is 0 Å². The molecular formula is C24H34O4. The standard InChI is InChI=1S/C24H34O4/c1-13(2)17-12-20(26)24(6)10-9-15(4)22-18(11-14(3)7-8-19(17)24)21(16(5)25)23(27)28-22/h11-13,16,18-19,21,25H,7-10H2,1-6H3/b14-11+,22-15+/t16-,18-,19+,21-,24+/m0/s1. The van der Waals surface area contributed by atoms with Crippen molar-refractivity contribution in [2.24, 2.45) is 29.1 Å². The number of rotatable bonds is 2. The Balaban J connectivity index is 2.02. The number of esters is 1. The minimum absolute atomic E-state index is 0.214. The lowest BCUT2D eigenvalue weighted by molar-refractivity contribution is -0.142. The molecule has 28 heavy (non-hydrogen) atoms. The zero-order valence-electron chi connectivity index (χ0n) is 18.0. The SMILES string of the molecule is C/C1=C\[C@@H]2/C(=C(/C)CC[C@@]3(C)C(=O)C=C(C(C)C)[C@H]3CC1)OC(=O)[C@H]2[C@H](C)O. The van der Waals surface area contributed by atoms with E-state index in [1.54, 1.807) is 6.92 Å². The number of aliphatic hydroxyl groups excluding tert-OH is 1. The average molecular weight is 387 g/mol. The minimum atomic E-state index is -0.758. The van der Waals surface area contributed by atoms with Gasteiger partial charge in [-0.15, -0.1) is 0 Å². The molecular weight excluding hydrogens is 352 g/mol. The first kappa shape index (κ1) is 21.0. The molecule has 2 aliphatic carbocycles. The van der Waals surface area contributed by atoms with Gasteiger partial charge in [0.1, 0.15) is 5.76 Å². The predicted molar refractivity (Wildman–Crippen MR) is 109 cm³/mol. The van der Waals surface area contributed by atoms with Crippen LogP contribution in [0.2, 0.25) is 0 Å². The highest BCUT2D eigenvalue weighted by atomic mass is 16.5. The van der Waals surface area contributed by atoms with Gasteiger partial charge in [0.15, 0.2) is 5.78 Å². The molecule has 1 saturated heterocycles. The maximum atomic E-state index is 13.0. The number of fused-ring (bicyclic) bond motifs is 2. The molecule has 3 aliphatic rings. The van der Waals surface area contributed by atoms with E-state index < -0.39 is 17.4 Å². The van der Waals surface area contributed by atoms with Crippen LogP contribution in [0.15, 0.2) is 34.6 Å². The van der Waals surface area contributed by atoms with Crippen LogP contribution in [0.5, 0.6) is 0 Å². The first-order valence-electron chi connectivity index (χ1n) is 10.6. The van der Waals surface area contributed by atoms with Crippen LogP contribution < -0.4 is 0 Å². The van der Waals surface area contributed by atoms with Gasteiger partial charge in [-0.3, -0.25) is 9.59 Å². The third-order valence-electron chi connectivity index (χ3n) is 7.12. The van der Waals surface area contributed by atoms with Gasteiger partial charge in [-0.05, 0) is 69.9 Å². The average Bonchev–Trinajstić information content (AvgIpc) is 3.05. The molecule has 0 unspecified atom stereocenters. The molecule has 4 heteroatoms. The predicted octanol–water partition coefficient (Wildman–Crippen LogP) is 4.74. The summed E-state index contributed by atoms with van der Waals surface area (Å²) in [5.74, 6) is 0.429. The highest BCUT2D eigenvalue weighted by Gasteiger charge is 2.48. The molecule has 1 aliphatic heterocycles. The molecule has 0 aromatic carbocycles. The van der Waals surface area contributed by atoms with Crippen LogP contribution >= 0.6 is 0 Å². The first-order chi connectivity index (χ1) is 13.1. The number of aliphatic hydroxyl groups is 1. The molecule has 0 saturated carbocycles. The summed E-state index contributed by atoms with van der Waals surface area (Å²) in [4.78, 5) is 25.4. The van der Waals surface area contributed by atoms with Crippen molar-refractivity contribution in [2.75, 3.05) is 0 Å². The number of ketones is 1. The van der Waals surface area contributed by atoms with Crippen molar-refractivity contribution >= 4 is 11.8 Å². The van der Waals surface area contributed by atoms with Gasteiger partial charge in [-0.1, -0.05) is 38.0 Å². The highest BCUT2D eigenvalue weighted by Crippen LogP contribution is 2.50. The monoisotopic (exact) mass is 386 g/mol. The Kier molecular flexibility index (Phi) is 5.73. The van der Waals surface area contributed by atoms with Crippen molar-refractivity contribution in [2.45, 2.75) is 73.3 Å². The zero-order chi connectivity index (χ0) is 20.8. The Morgan fingerprint density at radius 1 is 1.18 bits per heavy atom. The van der Waals surface area contributed by atoms with Crippen LogP contribution in [0.4, 0.5) is 0 Å².